The van der Waals surface area contributed by atoms with Crippen LogP contribution in [0.25, 0.3) is 22.0 Å². The second-order valence-corrected chi connectivity index (χ2v) is 5.81. The summed E-state index contributed by atoms with van der Waals surface area (Å²) in [6.07, 6.45) is 0.845. The highest BCUT2D eigenvalue weighted by atomic mass is 32.1. The fraction of sp³-hybridized carbons (Fsp3) is 0.188. The second-order valence-electron chi connectivity index (χ2n) is 4.87. The molecule has 0 bridgehead atoms. The summed E-state index contributed by atoms with van der Waals surface area (Å²) in [6, 6.07) is 15.0. The molecule has 0 spiro atoms. The van der Waals surface area contributed by atoms with Gasteiger partial charge in [0.2, 0.25) is 0 Å². The van der Waals surface area contributed by atoms with E-state index in [1.807, 2.05) is 6.92 Å². The fourth-order valence-electron chi connectivity index (χ4n) is 2.16. The molecule has 96 valence electrons. The first-order valence-electron chi connectivity index (χ1n) is 6.41. The molecule has 3 rings (SSSR count). The van der Waals surface area contributed by atoms with E-state index >= 15 is 0 Å². The molecule has 1 atom stereocenters. The van der Waals surface area contributed by atoms with E-state index in [1.165, 1.54) is 16.3 Å². The first-order valence-corrected chi connectivity index (χ1v) is 7.29. The predicted molar refractivity (Wildman–Crippen MR) is 82.4 cm³/mol. The van der Waals surface area contributed by atoms with Crippen molar-refractivity contribution in [2.45, 2.75) is 19.4 Å². The van der Waals surface area contributed by atoms with Crippen LogP contribution >= 0.6 is 11.3 Å². The van der Waals surface area contributed by atoms with Gasteiger partial charge < -0.3 is 5.73 Å². The standard InChI is InChI=1S/C16H16N2S/c1-11(17)8-16-18-15(10-19-16)14-7-6-12-4-2-3-5-13(12)9-14/h2-7,9-11H,8,17H2,1H3. The van der Waals surface area contributed by atoms with Gasteiger partial charge >= 0.3 is 0 Å². The van der Waals surface area contributed by atoms with Crippen LogP contribution in [0.15, 0.2) is 47.8 Å². The summed E-state index contributed by atoms with van der Waals surface area (Å²) >= 11 is 1.69. The van der Waals surface area contributed by atoms with E-state index in [2.05, 4.69) is 52.8 Å². The Morgan fingerprint density at radius 1 is 1.16 bits per heavy atom. The number of fused-ring (bicyclic) bond motifs is 1. The molecule has 0 fully saturated rings. The quantitative estimate of drug-likeness (QED) is 0.783. The molecule has 0 saturated carbocycles. The van der Waals surface area contributed by atoms with Crippen LogP contribution in [-0.2, 0) is 6.42 Å². The number of aromatic nitrogens is 1. The molecule has 1 aromatic heterocycles. The van der Waals surface area contributed by atoms with Crippen molar-refractivity contribution in [2.24, 2.45) is 5.73 Å². The zero-order valence-corrected chi connectivity index (χ0v) is 11.7. The van der Waals surface area contributed by atoms with Crippen molar-refractivity contribution >= 4 is 22.1 Å². The molecule has 0 aliphatic rings. The largest absolute Gasteiger partial charge is 0.328 e. The molecular weight excluding hydrogens is 252 g/mol. The van der Waals surface area contributed by atoms with Gasteiger partial charge in [0, 0.05) is 23.4 Å². The molecule has 2 nitrogen and oxygen atoms in total. The second kappa shape index (κ2) is 5.11. The normalized spacial score (nSPS) is 12.7. The third-order valence-electron chi connectivity index (χ3n) is 3.09. The SMILES string of the molecule is CC(N)Cc1nc(-c2ccc3ccccc3c2)cs1. The lowest BCUT2D eigenvalue weighted by Crippen LogP contribution is -2.17. The summed E-state index contributed by atoms with van der Waals surface area (Å²) in [5.74, 6) is 0. The topological polar surface area (TPSA) is 38.9 Å². The average Bonchev–Trinajstić information content (AvgIpc) is 2.86. The fourth-order valence-corrected chi connectivity index (χ4v) is 3.11. The predicted octanol–water partition coefficient (Wildman–Crippen LogP) is 3.85. The zero-order chi connectivity index (χ0) is 13.2. The summed E-state index contributed by atoms with van der Waals surface area (Å²) in [6.45, 7) is 2.01. The van der Waals surface area contributed by atoms with Gasteiger partial charge in [-0.25, -0.2) is 4.98 Å². The van der Waals surface area contributed by atoms with Gasteiger partial charge in [-0.05, 0) is 23.8 Å². The Morgan fingerprint density at radius 3 is 2.74 bits per heavy atom. The van der Waals surface area contributed by atoms with Crippen molar-refractivity contribution in [1.29, 1.82) is 0 Å². The van der Waals surface area contributed by atoms with E-state index in [0.717, 1.165) is 17.1 Å². The van der Waals surface area contributed by atoms with Crippen LogP contribution in [0.2, 0.25) is 0 Å². The lowest BCUT2D eigenvalue weighted by atomic mass is 10.1. The van der Waals surface area contributed by atoms with E-state index in [-0.39, 0.29) is 6.04 Å². The van der Waals surface area contributed by atoms with Crippen LogP contribution in [0.1, 0.15) is 11.9 Å². The van der Waals surface area contributed by atoms with Crippen LogP contribution in [0.4, 0.5) is 0 Å². The summed E-state index contributed by atoms with van der Waals surface area (Å²) in [5.41, 5.74) is 8.03. The van der Waals surface area contributed by atoms with Crippen molar-refractivity contribution in [3.05, 3.63) is 52.9 Å². The molecule has 3 aromatic rings. The number of nitrogens with zero attached hydrogens (tertiary/aromatic N) is 1. The average molecular weight is 268 g/mol. The van der Waals surface area contributed by atoms with Crippen molar-refractivity contribution in [3.8, 4) is 11.3 Å². The van der Waals surface area contributed by atoms with E-state index in [4.69, 9.17) is 5.73 Å². The minimum Gasteiger partial charge on any atom is -0.328 e. The van der Waals surface area contributed by atoms with Gasteiger partial charge in [0.25, 0.3) is 0 Å². The monoisotopic (exact) mass is 268 g/mol. The Balaban J connectivity index is 1.97. The van der Waals surface area contributed by atoms with E-state index in [0.29, 0.717) is 0 Å². The maximum atomic E-state index is 5.81. The third-order valence-corrected chi connectivity index (χ3v) is 3.96. The highest BCUT2D eigenvalue weighted by molar-refractivity contribution is 7.09. The number of benzene rings is 2. The minimum absolute atomic E-state index is 0.163. The molecular formula is C16H16N2S. The third kappa shape index (κ3) is 2.67. The lowest BCUT2D eigenvalue weighted by Gasteiger charge is -2.01. The van der Waals surface area contributed by atoms with Crippen LogP contribution in [0.3, 0.4) is 0 Å². The Bertz CT molecular complexity index is 701. The Hall–Kier alpha value is -1.71. The zero-order valence-electron chi connectivity index (χ0n) is 10.8. The van der Waals surface area contributed by atoms with Crippen molar-refractivity contribution in [2.75, 3.05) is 0 Å². The van der Waals surface area contributed by atoms with Gasteiger partial charge in [-0.2, -0.15) is 0 Å². The van der Waals surface area contributed by atoms with Crippen molar-refractivity contribution < 1.29 is 0 Å². The molecule has 2 N–H and O–H groups in total. The van der Waals surface area contributed by atoms with Crippen molar-refractivity contribution in [3.63, 3.8) is 0 Å². The molecule has 0 saturated heterocycles. The lowest BCUT2D eigenvalue weighted by molar-refractivity contribution is 0.734. The molecule has 3 heteroatoms. The van der Waals surface area contributed by atoms with Gasteiger partial charge in [0.05, 0.1) is 10.7 Å². The van der Waals surface area contributed by atoms with Gasteiger partial charge in [-0.15, -0.1) is 11.3 Å². The van der Waals surface area contributed by atoms with E-state index in [9.17, 15) is 0 Å². The molecule has 0 aliphatic carbocycles. The molecule has 1 unspecified atom stereocenters. The number of hydrogen-bond acceptors (Lipinski definition) is 3. The molecule has 1 heterocycles. The van der Waals surface area contributed by atoms with Crippen LogP contribution < -0.4 is 5.73 Å². The van der Waals surface area contributed by atoms with Crippen LogP contribution in [-0.4, -0.2) is 11.0 Å². The first-order chi connectivity index (χ1) is 9.22. The highest BCUT2D eigenvalue weighted by Crippen LogP contribution is 2.26. The van der Waals surface area contributed by atoms with Crippen molar-refractivity contribution in [1.82, 2.24) is 4.98 Å². The molecule has 2 aromatic carbocycles. The number of nitrogens with two attached hydrogens (primary N) is 1. The van der Waals surface area contributed by atoms with Gasteiger partial charge in [-0.3, -0.25) is 0 Å². The van der Waals surface area contributed by atoms with Gasteiger partial charge in [0.1, 0.15) is 0 Å². The molecule has 0 amide bonds. The van der Waals surface area contributed by atoms with E-state index < -0.39 is 0 Å². The maximum Gasteiger partial charge on any atom is 0.0947 e. The summed E-state index contributed by atoms with van der Waals surface area (Å²) in [7, 11) is 0. The number of rotatable bonds is 3. The first kappa shape index (κ1) is 12.3. The molecule has 19 heavy (non-hydrogen) atoms. The molecule has 0 aliphatic heterocycles. The smallest absolute Gasteiger partial charge is 0.0947 e. The number of thiazole rings is 1. The van der Waals surface area contributed by atoms with Crippen LogP contribution in [0.5, 0.6) is 0 Å². The van der Waals surface area contributed by atoms with Gasteiger partial charge in [0.15, 0.2) is 0 Å². The summed E-state index contributed by atoms with van der Waals surface area (Å²) in [5, 5.41) is 5.74. The van der Waals surface area contributed by atoms with E-state index in [1.54, 1.807) is 11.3 Å². The molecule has 0 radical (unpaired) electrons. The highest BCUT2D eigenvalue weighted by Gasteiger charge is 2.07. The van der Waals surface area contributed by atoms with Crippen LogP contribution in [0, 0.1) is 0 Å². The Kier molecular flexibility index (Phi) is 3.32. The van der Waals surface area contributed by atoms with Gasteiger partial charge in [-0.1, -0.05) is 36.4 Å². The Morgan fingerprint density at radius 2 is 1.95 bits per heavy atom. The summed E-state index contributed by atoms with van der Waals surface area (Å²) in [4.78, 5) is 4.67. The number of hydrogen-bond donors (Lipinski definition) is 1. The summed E-state index contributed by atoms with van der Waals surface area (Å²) < 4.78 is 0. The minimum atomic E-state index is 0.163. The Labute approximate surface area is 116 Å². The maximum absolute atomic E-state index is 5.81.